The van der Waals surface area contributed by atoms with Crippen LogP contribution in [-0.2, 0) is 15.6 Å². The van der Waals surface area contributed by atoms with Crippen molar-refractivity contribution < 1.29 is 31.8 Å². The maximum absolute atomic E-state index is 12.9. The smallest absolute Gasteiger partial charge is 0.400 e. The molecule has 0 spiro atoms. The van der Waals surface area contributed by atoms with Gasteiger partial charge in [-0.15, -0.1) is 11.8 Å². The number of allylic oxidation sites excluding steroid dienone is 1. The summed E-state index contributed by atoms with van der Waals surface area (Å²) in [7, 11) is -2.50. The number of sulfonamides is 1. The van der Waals surface area contributed by atoms with Gasteiger partial charge in [0.1, 0.15) is 4.24 Å². The van der Waals surface area contributed by atoms with Crippen LogP contribution >= 0.6 is 11.8 Å². The van der Waals surface area contributed by atoms with E-state index in [1.54, 1.807) is 19.3 Å². The fourth-order valence-electron chi connectivity index (χ4n) is 2.85. The van der Waals surface area contributed by atoms with Crippen molar-refractivity contribution in [2.75, 3.05) is 44.4 Å². The highest BCUT2D eigenvalue weighted by molar-refractivity contribution is 8.17. The van der Waals surface area contributed by atoms with E-state index in [1.807, 2.05) is 18.7 Å². The lowest BCUT2D eigenvalue weighted by molar-refractivity contribution is -0.258. The molecule has 0 aromatic heterocycles. The Hall–Kier alpha value is -1.27. The van der Waals surface area contributed by atoms with E-state index in [1.165, 1.54) is 40.3 Å². The van der Waals surface area contributed by atoms with Gasteiger partial charge in [0.05, 0.1) is 0 Å². The number of piperazine rings is 1. The first-order chi connectivity index (χ1) is 14.4. The van der Waals surface area contributed by atoms with Gasteiger partial charge in [-0.25, -0.2) is 8.42 Å². The maximum Gasteiger partial charge on any atom is 0.421 e. The number of alkyl halides is 3. The minimum atomic E-state index is -4.77. The van der Waals surface area contributed by atoms with Crippen LogP contribution in [0.4, 0.5) is 18.9 Å². The van der Waals surface area contributed by atoms with Gasteiger partial charge < -0.3 is 15.1 Å². The SMILES string of the molecule is C/C=C(\SC)S(=O)(=O)N1CCN(c2ccc(C(C)(O)C(F)(F)F)cc2)CC1.CC.CO. The molecule has 0 aliphatic carbocycles. The quantitative estimate of drug-likeness (QED) is 0.660. The number of anilines is 1. The lowest BCUT2D eigenvalue weighted by Crippen LogP contribution is -2.48. The summed E-state index contributed by atoms with van der Waals surface area (Å²) in [6.07, 6.45) is -1.49. The van der Waals surface area contributed by atoms with Gasteiger partial charge in [0.25, 0.3) is 0 Å². The summed E-state index contributed by atoms with van der Waals surface area (Å²) in [5.74, 6) is 0. The Balaban J connectivity index is 0.00000212. The minimum absolute atomic E-state index is 0.238. The average molecular weight is 487 g/mol. The van der Waals surface area contributed by atoms with E-state index in [4.69, 9.17) is 5.11 Å². The molecule has 31 heavy (non-hydrogen) atoms. The van der Waals surface area contributed by atoms with Crippen LogP contribution in [0, 0.1) is 0 Å². The molecule has 6 nitrogen and oxygen atoms in total. The highest BCUT2D eigenvalue weighted by Gasteiger charge is 2.51. The third-order valence-electron chi connectivity index (χ3n) is 4.62. The van der Waals surface area contributed by atoms with Gasteiger partial charge in [0.2, 0.25) is 10.0 Å². The number of halogens is 3. The molecule has 1 fully saturated rings. The van der Waals surface area contributed by atoms with Crippen LogP contribution < -0.4 is 4.90 Å². The van der Waals surface area contributed by atoms with Crippen LogP contribution in [-0.4, -0.2) is 68.7 Å². The molecule has 0 amide bonds. The summed E-state index contributed by atoms with van der Waals surface area (Å²) in [5, 5.41) is 16.7. The van der Waals surface area contributed by atoms with E-state index in [-0.39, 0.29) is 5.56 Å². The normalized spacial score (nSPS) is 17.6. The van der Waals surface area contributed by atoms with E-state index in [0.717, 1.165) is 14.0 Å². The molecular formula is C20H33F3N2O4S2. The fraction of sp³-hybridized carbons (Fsp3) is 0.600. The van der Waals surface area contributed by atoms with E-state index in [0.29, 0.717) is 36.1 Å². The minimum Gasteiger partial charge on any atom is -0.400 e. The fourth-order valence-corrected chi connectivity index (χ4v) is 5.44. The van der Waals surface area contributed by atoms with Gasteiger partial charge in [-0.3, -0.25) is 0 Å². The Kier molecular flexibility index (Phi) is 12.2. The molecule has 1 saturated heterocycles. The highest BCUT2D eigenvalue weighted by atomic mass is 32.3. The van der Waals surface area contributed by atoms with Crippen molar-refractivity contribution in [2.45, 2.75) is 39.5 Å². The largest absolute Gasteiger partial charge is 0.421 e. The molecule has 2 rings (SSSR count). The zero-order valence-electron chi connectivity index (χ0n) is 18.8. The zero-order chi connectivity index (χ0) is 24.5. The van der Waals surface area contributed by atoms with Crippen molar-refractivity contribution in [3.8, 4) is 0 Å². The lowest BCUT2D eigenvalue weighted by atomic mass is 9.95. The van der Waals surface area contributed by atoms with Gasteiger partial charge in [0.15, 0.2) is 5.60 Å². The second kappa shape index (κ2) is 12.7. The average Bonchev–Trinajstić information content (AvgIpc) is 2.76. The van der Waals surface area contributed by atoms with E-state index in [2.05, 4.69) is 0 Å². The molecule has 1 aliphatic heterocycles. The number of thioether (sulfide) groups is 1. The number of nitrogens with zero attached hydrogens (tertiary/aromatic N) is 2. The molecule has 1 atom stereocenters. The lowest BCUT2D eigenvalue weighted by Gasteiger charge is -2.36. The predicted octanol–water partition coefficient (Wildman–Crippen LogP) is 3.77. The first-order valence-electron chi connectivity index (χ1n) is 9.75. The predicted molar refractivity (Wildman–Crippen MR) is 122 cm³/mol. The van der Waals surface area contributed by atoms with Crippen molar-refractivity contribution in [3.63, 3.8) is 0 Å². The van der Waals surface area contributed by atoms with E-state index < -0.39 is 21.8 Å². The second-order valence-corrected chi connectivity index (χ2v) is 9.33. The number of hydrogen-bond acceptors (Lipinski definition) is 6. The van der Waals surface area contributed by atoms with Gasteiger partial charge >= 0.3 is 6.18 Å². The van der Waals surface area contributed by atoms with Crippen LogP contribution in [0.5, 0.6) is 0 Å². The number of aliphatic hydroxyl groups excluding tert-OH is 1. The van der Waals surface area contributed by atoms with E-state index >= 15 is 0 Å². The Morgan fingerprint density at radius 1 is 1.06 bits per heavy atom. The summed E-state index contributed by atoms with van der Waals surface area (Å²) >= 11 is 1.18. The summed E-state index contributed by atoms with van der Waals surface area (Å²) in [6.45, 7) is 7.84. The van der Waals surface area contributed by atoms with Crippen molar-refractivity contribution in [2.24, 2.45) is 0 Å². The number of rotatable bonds is 5. The van der Waals surface area contributed by atoms with Gasteiger partial charge in [-0.1, -0.05) is 32.1 Å². The summed E-state index contributed by atoms with van der Waals surface area (Å²) in [6, 6.07) is 5.52. The standard InChI is InChI=1S/C17H23F3N2O3S2.C2H6.CH4O/c1-4-15(26-3)27(24,25)22-11-9-21(10-12-22)14-7-5-13(6-8-14)16(2,23)17(18,19)20;2*1-2/h4-8,23H,9-12H2,1-3H3;1-2H3;2H,1H3/b15-4+;;. The number of aliphatic hydroxyl groups is 2. The Labute approximate surface area is 187 Å². The van der Waals surface area contributed by atoms with Crippen LogP contribution in [0.15, 0.2) is 34.6 Å². The topological polar surface area (TPSA) is 81.1 Å². The molecule has 11 heteroatoms. The molecule has 1 aromatic rings. The zero-order valence-corrected chi connectivity index (χ0v) is 20.4. The summed E-state index contributed by atoms with van der Waals surface area (Å²) < 4.78 is 65.5. The molecular weight excluding hydrogens is 453 g/mol. The highest BCUT2D eigenvalue weighted by Crippen LogP contribution is 2.39. The molecule has 1 unspecified atom stereocenters. The molecule has 2 N–H and O–H groups in total. The molecule has 1 aromatic carbocycles. The summed E-state index contributed by atoms with van der Waals surface area (Å²) in [5.41, 5.74) is -2.47. The monoisotopic (exact) mass is 486 g/mol. The molecule has 0 saturated carbocycles. The van der Waals surface area contributed by atoms with Crippen LogP contribution in [0.1, 0.15) is 33.3 Å². The first-order valence-corrected chi connectivity index (χ1v) is 12.4. The molecule has 180 valence electrons. The Bertz CT molecular complexity index is 788. The third kappa shape index (κ3) is 7.11. The summed E-state index contributed by atoms with van der Waals surface area (Å²) in [4.78, 5) is 1.91. The number of hydrogen-bond donors (Lipinski definition) is 2. The first kappa shape index (κ1) is 29.7. The second-order valence-electron chi connectivity index (χ2n) is 6.32. The van der Waals surface area contributed by atoms with E-state index in [9.17, 15) is 26.7 Å². The van der Waals surface area contributed by atoms with Gasteiger partial charge in [0, 0.05) is 39.0 Å². The van der Waals surface area contributed by atoms with Crippen LogP contribution in [0.2, 0.25) is 0 Å². The van der Waals surface area contributed by atoms with Crippen molar-refractivity contribution in [1.82, 2.24) is 4.31 Å². The van der Waals surface area contributed by atoms with Crippen molar-refractivity contribution in [3.05, 3.63) is 40.1 Å². The Morgan fingerprint density at radius 3 is 1.87 bits per heavy atom. The molecule has 0 bridgehead atoms. The molecule has 0 radical (unpaired) electrons. The van der Waals surface area contributed by atoms with Crippen molar-refractivity contribution >= 4 is 27.5 Å². The Morgan fingerprint density at radius 2 is 1.52 bits per heavy atom. The van der Waals surface area contributed by atoms with Gasteiger partial charge in [-0.05, 0) is 37.8 Å². The van der Waals surface area contributed by atoms with Gasteiger partial charge in [-0.2, -0.15) is 17.5 Å². The molecule has 1 heterocycles. The van der Waals surface area contributed by atoms with Crippen LogP contribution in [0.25, 0.3) is 0 Å². The maximum atomic E-state index is 12.9. The number of benzene rings is 1. The van der Waals surface area contributed by atoms with Crippen molar-refractivity contribution in [1.29, 1.82) is 0 Å². The van der Waals surface area contributed by atoms with Crippen LogP contribution in [0.3, 0.4) is 0 Å². The molecule has 1 aliphatic rings. The third-order valence-corrected chi connectivity index (χ3v) is 8.18.